The smallest absolute Gasteiger partial charge is 0.242 e. The maximum absolute atomic E-state index is 12.0. The molecule has 122 valence electrons. The van der Waals surface area contributed by atoms with Crippen molar-refractivity contribution in [3.05, 3.63) is 0 Å². The maximum Gasteiger partial charge on any atom is 0.242 e. The molecule has 2 amide bonds. The van der Waals surface area contributed by atoms with E-state index in [9.17, 15) is 9.59 Å². The zero-order valence-corrected chi connectivity index (χ0v) is 13.6. The number of nitrogens with zero attached hydrogens (tertiary/aromatic N) is 1. The van der Waals surface area contributed by atoms with Crippen LogP contribution < -0.4 is 10.6 Å². The fourth-order valence-electron chi connectivity index (χ4n) is 2.59. The number of hydrogen-bond acceptors (Lipinski definition) is 4. The summed E-state index contributed by atoms with van der Waals surface area (Å²) in [7, 11) is 0. The molecule has 0 bridgehead atoms. The first-order valence-electron chi connectivity index (χ1n) is 7.76. The summed E-state index contributed by atoms with van der Waals surface area (Å²) in [6, 6.07) is -0.172. The molecule has 0 aliphatic carbocycles. The monoisotopic (exact) mass is 299 g/mol. The van der Waals surface area contributed by atoms with Gasteiger partial charge in [0.05, 0.1) is 13.2 Å². The highest BCUT2D eigenvalue weighted by molar-refractivity contribution is 5.86. The van der Waals surface area contributed by atoms with Gasteiger partial charge in [-0.25, -0.2) is 0 Å². The quantitative estimate of drug-likeness (QED) is 0.713. The Hall–Kier alpha value is -1.14. The molecular weight excluding hydrogens is 270 g/mol. The molecule has 0 aromatic rings. The van der Waals surface area contributed by atoms with Crippen molar-refractivity contribution >= 4 is 11.8 Å². The lowest BCUT2D eigenvalue weighted by atomic mass is 10.0. The maximum atomic E-state index is 12.0. The fourth-order valence-corrected chi connectivity index (χ4v) is 2.59. The van der Waals surface area contributed by atoms with Gasteiger partial charge in [0.25, 0.3) is 0 Å². The van der Waals surface area contributed by atoms with Gasteiger partial charge in [0.1, 0.15) is 6.04 Å². The number of rotatable bonds is 7. The highest BCUT2D eigenvalue weighted by atomic mass is 16.5. The van der Waals surface area contributed by atoms with Crippen LogP contribution in [0, 0.1) is 5.92 Å². The van der Waals surface area contributed by atoms with Crippen LogP contribution in [0.5, 0.6) is 0 Å². The summed E-state index contributed by atoms with van der Waals surface area (Å²) in [5.74, 6) is 0.249. The molecule has 0 spiro atoms. The normalized spacial score (nSPS) is 19.1. The molecule has 0 radical (unpaired) electrons. The van der Waals surface area contributed by atoms with E-state index in [0.717, 1.165) is 32.7 Å². The molecule has 6 nitrogen and oxygen atoms in total. The van der Waals surface area contributed by atoms with E-state index < -0.39 is 6.04 Å². The summed E-state index contributed by atoms with van der Waals surface area (Å²) in [5, 5.41) is 5.56. The number of nitrogens with one attached hydrogen (secondary N) is 2. The Morgan fingerprint density at radius 1 is 1.19 bits per heavy atom. The summed E-state index contributed by atoms with van der Waals surface area (Å²) in [4.78, 5) is 25.3. The van der Waals surface area contributed by atoms with E-state index in [4.69, 9.17) is 4.74 Å². The van der Waals surface area contributed by atoms with E-state index in [0.29, 0.717) is 18.5 Å². The standard InChI is InChI=1S/C15H29N3O3/c1-11(2)9-14(18-5-7-21-8-6-18)10-16-15(20)12(3)17-13(4)19/h11-12,14H,5-10H2,1-4H3,(H,16,20)(H,17,19)/t12-,14-/m0/s1. The molecule has 2 N–H and O–H groups in total. The van der Waals surface area contributed by atoms with E-state index >= 15 is 0 Å². The summed E-state index contributed by atoms with van der Waals surface area (Å²) >= 11 is 0. The molecule has 0 unspecified atom stereocenters. The molecule has 1 saturated heterocycles. The Morgan fingerprint density at radius 2 is 1.81 bits per heavy atom. The van der Waals surface area contributed by atoms with Crippen LogP contribution in [0.25, 0.3) is 0 Å². The van der Waals surface area contributed by atoms with Crippen molar-refractivity contribution in [1.82, 2.24) is 15.5 Å². The minimum absolute atomic E-state index is 0.132. The van der Waals surface area contributed by atoms with Gasteiger partial charge in [0.2, 0.25) is 11.8 Å². The zero-order valence-electron chi connectivity index (χ0n) is 13.6. The second-order valence-electron chi connectivity index (χ2n) is 6.10. The highest BCUT2D eigenvalue weighted by Crippen LogP contribution is 2.13. The van der Waals surface area contributed by atoms with E-state index in [1.807, 2.05) is 0 Å². The fraction of sp³-hybridized carbons (Fsp3) is 0.867. The van der Waals surface area contributed by atoms with Crippen molar-refractivity contribution in [3.8, 4) is 0 Å². The Morgan fingerprint density at radius 3 is 2.33 bits per heavy atom. The number of morpholine rings is 1. The molecule has 2 atom stereocenters. The predicted octanol–water partition coefficient (Wildman–Crippen LogP) is 0.374. The largest absolute Gasteiger partial charge is 0.379 e. The van der Waals surface area contributed by atoms with Crippen LogP contribution in [0.4, 0.5) is 0 Å². The summed E-state index contributed by atoms with van der Waals surface area (Å²) in [6.45, 7) is 11.4. The van der Waals surface area contributed by atoms with Gasteiger partial charge in [-0.05, 0) is 19.3 Å². The summed E-state index contributed by atoms with van der Waals surface area (Å²) < 4.78 is 5.39. The minimum atomic E-state index is -0.494. The van der Waals surface area contributed by atoms with Gasteiger partial charge < -0.3 is 15.4 Å². The molecule has 1 fully saturated rings. The highest BCUT2D eigenvalue weighted by Gasteiger charge is 2.23. The molecule has 1 heterocycles. The third kappa shape index (κ3) is 6.91. The molecule has 0 aromatic heterocycles. The second kappa shape index (κ2) is 9.00. The van der Waals surface area contributed by atoms with Crippen molar-refractivity contribution in [2.75, 3.05) is 32.8 Å². The number of carbonyl (C=O) groups excluding carboxylic acids is 2. The van der Waals surface area contributed by atoms with Crippen LogP contribution in [0.3, 0.4) is 0 Å². The first-order valence-corrected chi connectivity index (χ1v) is 7.76. The Bertz CT molecular complexity index is 341. The second-order valence-corrected chi connectivity index (χ2v) is 6.10. The van der Waals surface area contributed by atoms with E-state index in [1.54, 1.807) is 6.92 Å². The minimum Gasteiger partial charge on any atom is -0.379 e. The number of carbonyl (C=O) groups is 2. The van der Waals surface area contributed by atoms with Crippen LogP contribution in [0.1, 0.15) is 34.1 Å². The molecular formula is C15H29N3O3. The van der Waals surface area contributed by atoms with Gasteiger partial charge in [-0.15, -0.1) is 0 Å². The number of ether oxygens (including phenoxy) is 1. The van der Waals surface area contributed by atoms with Gasteiger partial charge in [-0.3, -0.25) is 14.5 Å². The first-order chi connectivity index (χ1) is 9.90. The third-order valence-corrected chi connectivity index (χ3v) is 3.63. The van der Waals surface area contributed by atoms with Crippen molar-refractivity contribution in [1.29, 1.82) is 0 Å². The predicted molar refractivity (Wildman–Crippen MR) is 81.9 cm³/mol. The van der Waals surface area contributed by atoms with E-state index in [-0.39, 0.29) is 11.8 Å². The summed E-state index contributed by atoms with van der Waals surface area (Å²) in [5.41, 5.74) is 0. The van der Waals surface area contributed by atoms with Crippen molar-refractivity contribution in [3.63, 3.8) is 0 Å². The van der Waals surface area contributed by atoms with Crippen molar-refractivity contribution in [2.45, 2.75) is 46.2 Å². The molecule has 0 aromatic carbocycles. The average Bonchev–Trinajstić information content (AvgIpc) is 2.42. The van der Waals surface area contributed by atoms with Crippen LogP contribution in [-0.2, 0) is 14.3 Å². The van der Waals surface area contributed by atoms with E-state index in [2.05, 4.69) is 29.4 Å². The van der Waals surface area contributed by atoms with Crippen molar-refractivity contribution < 1.29 is 14.3 Å². The van der Waals surface area contributed by atoms with Crippen LogP contribution in [-0.4, -0.2) is 61.6 Å². The van der Waals surface area contributed by atoms with Gasteiger partial charge in [-0.2, -0.15) is 0 Å². The molecule has 1 rings (SSSR count). The average molecular weight is 299 g/mol. The Balaban J connectivity index is 2.48. The molecule has 1 aliphatic heterocycles. The van der Waals surface area contributed by atoms with Crippen LogP contribution in [0.15, 0.2) is 0 Å². The number of amides is 2. The van der Waals surface area contributed by atoms with Gasteiger partial charge in [0, 0.05) is 32.6 Å². The van der Waals surface area contributed by atoms with Gasteiger partial charge in [0.15, 0.2) is 0 Å². The molecule has 6 heteroatoms. The number of hydrogen-bond donors (Lipinski definition) is 2. The van der Waals surface area contributed by atoms with Crippen LogP contribution >= 0.6 is 0 Å². The first kappa shape index (κ1) is 17.9. The third-order valence-electron chi connectivity index (χ3n) is 3.63. The summed E-state index contributed by atoms with van der Waals surface area (Å²) in [6.07, 6.45) is 1.04. The molecule has 21 heavy (non-hydrogen) atoms. The lowest BCUT2D eigenvalue weighted by Gasteiger charge is -2.35. The topological polar surface area (TPSA) is 70.7 Å². The van der Waals surface area contributed by atoms with Gasteiger partial charge in [-0.1, -0.05) is 13.8 Å². The molecule has 1 aliphatic rings. The van der Waals surface area contributed by atoms with Gasteiger partial charge >= 0.3 is 0 Å². The molecule has 0 saturated carbocycles. The van der Waals surface area contributed by atoms with Crippen LogP contribution in [0.2, 0.25) is 0 Å². The zero-order chi connectivity index (χ0) is 15.8. The SMILES string of the molecule is CC(=O)N[C@@H](C)C(=O)NC[C@H](CC(C)C)N1CCOCC1. The Kier molecular flexibility index (Phi) is 7.67. The lowest BCUT2D eigenvalue weighted by Crippen LogP contribution is -2.52. The lowest BCUT2D eigenvalue weighted by molar-refractivity contribution is -0.127. The Labute approximate surface area is 127 Å². The van der Waals surface area contributed by atoms with E-state index in [1.165, 1.54) is 6.92 Å². The van der Waals surface area contributed by atoms with Crippen molar-refractivity contribution in [2.24, 2.45) is 5.92 Å².